The minimum absolute atomic E-state index is 0.176. The van der Waals surface area contributed by atoms with Crippen LogP contribution in [0.4, 0.5) is 0 Å². The molecule has 0 saturated carbocycles. The van der Waals surface area contributed by atoms with E-state index >= 15 is 0 Å². The van der Waals surface area contributed by atoms with Gasteiger partial charge in [0, 0.05) is 17.1 Å². The van der Waals surface area contributed by atoms with Crippen LogP contribution in [0.5, 0.6) is 0 Å². The molecule has 4 nitrogen and oxygen atoms in total. The molecule has 2 rings (SSSR count). The Bertz CT molecular complexity index is 587. The van der Waals surface area contributed by atoms with Crippen molar-refractivity contribution in [1.82, 2.24) is 10.6 Å². The van der Waals surface area contributed by atoms with Crippen LogP contribution in [0.2, 0.25) is 10.0 Å². The summed E-state index contributed by atoms with van der Waals surface area (Å²) in [6.07, 6.45) is 0.997. The van der Waals surface area contributed by atoms with Gasteiger partial charge in [-0.05, 0) is 49.8 Å². The number of hydrogen-bond acceptors (Lipinski definition) is 4. The largest absolute Gasteiger partial charge is 0.460 e. The molecule has 1 aromatic carbocycles. The van der Waals surface area contributed by atoms with Crippen molar-refractivity contribution in [2.24, 2.45) is 0 Å². The molecule has 0 bridgehead atoms. The molecule has 0 aliphatic heterocycles. The second-order valence-corrected chi connectivity index (χ2v) is 5.74. The Morgan fingerprint density at radius 1 is 1.00 bits per heavy atom. The molecule has 3 N–H and O–H groups in total. The molecule has 0 saturated heterocycles. The Balaban J connectivity index is 1.79. The van der Waals surface area contributed by atoms with Crippen LogP contribution in [0, 0.1) is 0 Å². The minimum atomic E-state index is 0.176. The zero-order valence-corrected chi connectivity index (χ0v) is 13.8. The topological polar surface area (TPSA) is 57.4 Å². The molecule has 0 fully saturated rings. The van der Waals surface area contributed by atoms with Crippen LogP contribution < -0.4 is 10.6 Å². The number of halogens is 2. The van der Waals surface area contributed by atoms with Crippen LogP contribution in [0.3, 0.4) is 0 Å². The Kier molecular flexibility index (Phi) is 7.22. The Morgan fingerprint density at radius 2 is 1.82 bits per heavy atom. The lowest BCUT2D eigenvalue weighted by atomic mass is 10.2. The molecule has 6 heteroatoms. The van der Waals surface area contributed by atoms with Crippen molar-refractivity contribution in [2.45, 2.75) is 13.0 Å². The van der Waals surface area contributed by atoms with Gasteiger partial charge in [0.15, 0.2) is 0 Å². The normalized spacial score (nSPS) is 11.0. The third-order valence-corrected chi connectivity index (χ3v) is 3.70. The van der Waals surface area contributed by atoms with Crippen LogP contribution in [0.25, 0.3) is 11.3 Å². The van der Waals surface area contributed by atoms with Gasteiger partial charge in [-0.2, -0.15) is 0 Å². The van der Waals surface area contributed by atoms with E-state index in [-0.39, 0.29) is 6.61 Å². The zero-order valence-electron chi connectivity index (χ0n) is 12.2. The summed E-state index contributed by atoms with van der Waals surface area (Å²) in [6.45, 7) is 3.26. The maximum absolute atomic E-state index is 8.64. The summed E-state index contributed by atoms with van der Waals surface area (Å²) in [4.78, 5) is 0. The average molecular weight is 343 g/mol. The lowest BCUT2D eigenvalue weighted by molar-refractivity contribution is 0.292. The highest BCUT2D eigenvalue weighted by molar-refractivity contribution is 6.36. The molecule has 22 heavy (non-hydrogen) atoms. The summed E-state index contributed by atoms with van der Waals surface area (Å²) in [5.41, 5.74) is 0.838. The minimum Gasteiger partial charge on any atom is -0.460 e. The lowest BCUT2D eigenvalue weighted by Gasteiger charge is -2.04. The number of aliphatic hydroxyl groups excluding tert-OH is 1. The molecule has 1 aromatic heterocycles. The fourth-order valence-corrected chi connectivity index (χ4v) is 2.56. The molecule has 0 aliphatic rings. The predicted molar refractivity (Wildman–Crippen MR) is 90.4 cm³/mol. The highest BCUT2D eigenvalue weighted by atomic mass is 35.5. The summed E-state index contributed by atoms with van der Waals surface area (Å²) in [5.74, 6) is 1.60. The van der Waals surface area contributed by atoms with E-state index in [4.69, 9.17) is 32.7 Å². The third-order valence-electron chi connectivity index (χ3n) is 3.15. The number of benzene rings is 1. The molecule has 0 amide bonds. The molecule has 0 radical (unpaired) electrons. The van der Waals surface area contributed by atoms with Crippen molar-refractivity contribution < 1.29 is 9.52 Å². The third kappa shape index (κ3) is 5.30. The van der Waals surface area contributed by atoms with Crippen LogP contribution >= 0.6 is 23.2 Å². The molecule has 0 spiro atoms. The van der Waals surface area contributed by atoms with Gasteiger partial charge >= 0.3 is 0 Å². The van der Waals surface area contributed by atoms with E-state index in [1.165, 1.54) is 0 Å². The predicted octanol–water partition coefficient (Wildman–Crippen LogP) is 3.32. The number of nitrogens with one attached hydrogen (secondary N) is 2. The van der Waals surface area contributed by atoms with E-state index in [0.29, 0.717) is 23.1 Å². The molecule has 0 atom stereocenters. The van der Waals surface area contributed by atoms with Crippen LogP contribution in [-0.2, 0) is 6.54 Å². The number of aliphatic hydroxyl groups is 1. The highest BCUT2D eigenvalue weighted by Gasteiger charge is 2.09. The van der Waals surface area contributed by atoms with Gasteiger partial charge in [0.05, 0.1) is 18.2 Å². The fourth-order valence-electron chi connectivity index (χ4n) is 2.06. The second-order valence-electron chi connectivity index (χ2n) is 4.89. The van der Waals surface area contributed by atoms with Gasteiger partial charge < -0.3 is 20.2 Å². The summed E-state index contributed by atoms with van der Waals surface area (Å²) < 4.78 is 5.80. The monoisotopic (exact) mass is 342 g/mol. The van der Waals surface area contributed by atoms with Gasteiger partial charge in [0.1, 0.15) is 11.5 Å². The first-order valence-electron chi connectivity index (χ1n) is 7.27. The van der Waals surface area contributed by atoms with Crippen molar-refractivity contribution in [3.8, 4) is 11.3 Å². The molecular formula is C16H20Cl2N2O2. The molecule has 0 aliphatic carbocycles. The van der Waals surface area contributed by atoms with Gasteiger partial charge in [-0.1, -0.05) is 23.2 Å². The van der Waals surface area contributed by atoms with Crippen molar-refractivity contribution >= 4 is 23.2 Å². The van der Waals surface area contributed by atoms with Crippen molar-refractivity contribution in [3.63, 3.8) is 0 Å². The second kappa shape index (κ2) is 9.18. The zero-order chi connectivity index (χ0) is 15.8. The molecule has 0 unspecified atom stereocenters. The standard InChI is InChI=1S/C16H20Cl2N2O2/c17-12-2-4-14(15(18)10-12)16-5-3-13(22-16)11-20-7-1-6-19-8-9-21/h2-5,10,19-21H,1,6-9,11H2. The smallest absolute Gasteiger partial charge is 0.135 e. The Labute approximate surface area is 140 Å². The summed E-state index contributed by atoms with van der Waals surface area (Å²) >= 11 is 12.1. The van der Waals surface area contributed by atoms with E-state index in [1.54, 1.807) is 12.1 Å². The quantitative estimate of drug-likeness (QED) is 0.612. The maximum Gasteiger partial charge on any atom is 0.135 e. The lowest BCUT2D eigenvalue weighted by Crippen LogP contribution is -2.23. The van der Waals surface area contributed by atoms with E-state index < -0.39 is 0 Å². The molecular weight excluding hydrogens is 323 g/mol. The van der Waals surface area contributed by atoms with Crippen LogP contribution in [-0.4, -0.2) is 31.3 Å². The number of hydrogen-bond donors (Lipinski definition) is 3. The molecule has 2 aromatic rings. The Hall–Kier alpha value is -1.04. The highest BCUT2D eigenvalue weighted by Crippen LogP contribution is 2.31. The molecule has 120 valence electrons. The van der Waals surface area contributed by atoms with Crippen LogP contribution in [0.1, 0.15) is 12.2 Å². The van der Waals surface area contributed by atoms with E-state index in [1.807, 2.05) is 18.2 Å². The summed E-state index contributed by atoms with van der Waals surface area (Å²) in [5, 5.41) is 16.3. The average Bonchev–Trinajstić information content (AvgIpc) is 2.95. The number of furan rings is 1. The maximum atomic E-state index is 8.64. The van der Waals surface area contributed by atoms with Crippen molar-refractivity contribution in [3.05, 3.63) is 46.1 Å². The molecule has 1 heterocycles. The summed E-state index contributed by atoms with van der Waals surface area (Å²) in [7, 11) is 0. The first-order valence-corrected chi connectivity index (χ1v) is 8.02. The number of rotatable bonds is 9. The first kappa shape index (κ1) is 17.3. The van der Waals surface area contributed by atoms with Crippen molar-refractivity contribution in [1.29, 1.82) is 0 Å². The summed E-state index contributed by atoms with van der Waals surface area (Å²) in [6, 6.07) is 9.21. The van der Waals surface area contributed by atoms with E-state index in [9.17, 15) is 0 Å². The van der Waals surface area contributed by atoms with Crippen molar-refractivity contribution in [2.75, 3.05) is 26.2 Å². The van der Waals surface area contributed by atoms with Gasteiger partial charge in [0.2, 0.25) is 0 Å². The SMILES string of the molecule is OCCNCCCNCc1ccc(-c2ccc(Cl)cc2Cl)o1. The van der Waals surface area contributed by atoms with Gasteiger partial charge in [-0.3, -0.25) is 0 Å². The Morgan fingerprint density at radius 3 is 2.59 bits per heavy atom. The van der Waals surface area contributed by atoms with E-state index in [0.717, 1.165) is 36.6 Å². The fraction of sp³-hybridized carbons (Fsp3) is 0.375. The first-order chi connectivity index (χ1) is 10.7. The van der Waals surface area contributed by atoms with Gasteiger partial charge in [-0.25, -0.2) is 0 Å². The van der Waals surface area contributed by atoms with Crippen LogP contribution in [0.15, 0.2) is 34.7 Å². The van der Waals surface area contributed by atoms with Gasteiger partial charge in [0.25, 0.3) is 0 Å². The van der Waals surface area contributed by atoms with Gasteiger partial charge in [-0.15, -0.1) is 0 Å². The van der Waals surface area contributed by atoms with E-state index in [2.05, 4.69) is 10.6 Å².